The van der Waals surface area contributed by atoms with E-state index in [2.05, 4.69) is 0 Å². The third-order valence-electron chi connectivity index (χ3n) is 2.90. The molecule has 0 aromatic heterocycles. The zero-order valence-electron chi connectivity index (χ0n) is 9.04. The summed E-state index contributed by atoms with van der Waals surface area (Å²) >= 11 is 0. The monoisotopic (exact) mass is 210 g/mol. The summed E-state index contributed by atoms with van der Waals surface area (Å²) in [5.41, 5.74) is 0. The Kier molecular flexibility index (Phi) is 3.78. The summed E-state index contributed by atoms with van der Waals surface area (Å²) in [6.07, 6.45) is 7.86. The van der Waals surface area contributed by atoms with Crippen molar-refractivity contribution < 1.29 is 14.3 Å². The molecule has 0 aromatic rings. The van der Waals surface area contributed by atoms with E-state index in [-0.39, 0.29) is 11.9 Å². The lowest BCUT2D eigenvalue weighted by Gasteiger charge is -2.24. The molecule has 2 rings (SSSR count). The average molecular weight is 210 g/mol. The van der Waals surface area contributed by atoms with Crippen LogP contribution in [0.4, 0.5) is 0 Å². The molecule has 3 nitrogen and oxygen atoms in total. The summed E-state index contributed by atoms with van der Waals surface area (Å²) in [5, 5.41) is 0. The number of carbonyl (C=O) groups is 1. The molecule has 1 aliphatic heterocycles. The molecule has 1 fully saturated rings. The molecule has 0 spiro atoms. The van der Waals surface area contributed by atoms with E-state index in [0.717, 1.165) is 38.0 Å². The van der Waals surface area contributed by atoms with Crippen molar-refractivity contribution >= 4 is 5.78 Å². The highest BCUT2D eigenvalue weighted by atomic mass is 16.5. The van der Waals surface area contributed by atoms with Gasteiger partial charge in [-0.25, -0.2) is 0 Å². The van der Waals surface area contributed by atoms with Gasteiger partial charge in [0.1, 0.15) is 6.61 Å². The van der Waals surface area contributed by atoms with E-state index in [1.54, 1.807) is 6.08 Å². The Hall–Kier alpha value is -0.830. The molecular weight excluding hydrogens is 192 g/mol. The Balaban J connectivity index is 1.74. The van der Waals surface area contributed by atoms with Crippen LogP contribution in [-0.4, -0.2) is 25.1 Å². The normalized spacial score (nSPS) is 27.3. The van der Waals surface area contributed by atoms with E-state index >= 15 is 0 Å². The van der Waals surface area contributed by atoms with Gasteiger partial charge in [-0.3, -0.25) is 4.79 Å². The van der Waals surface area contributed by atoms with Crippen molar-refractivity contribution in [3.05, 3.63) is 11.8 Å². The SMILES string of the molecule is O=C1C=C(OCC2CCCCO2)CCC1. The fraction of sp³-hybridized carbons (Fsp3) is 0.750. The van der Waals surface area contributed by atoms with Crippen LogP contribution in [0.15, 0.2) is 11.8 Å². The average Bonchev–Trinajstić information content (AvgIpc) is 2.28. The molecule has 1 saturated heterocycles. The van der Waals surface area contributed by atoms with Crippen LogP contribution in [0.2, 0.25) is 0 Å². The topological polar surface area (TPSA) is 35.5 Å². The Morgan fingerprint density at radius 2 is 2.27 bits per heavy atom. The molecule has 1 heterocycles. The van der Waals surface area contributed by atoms with E-state index < -0.39 is 0 Å². The lowest BCUT2D eigenvalue weighted by Crippen LogP contribution is -2.24. The van der Waals surface area contributed by atoms with Gasteiger partial charge in [0.05, 0.1) is 11.9 Å². The molecule has 0 N–H and O–H groups in total. The second-order valence-electron chi connectivity index (χ2n) is 4.23. The summed E-state index contributed by atoms with van der Waals surface area (Å²) in [7, 11) is 0. The minimum Gasteiger partial charge on any atom is -0.495 e. The Bertz CT molecular complexity index is 252. The molecule has 0 amide bonds. The zero-order valence-corrected chi connectivity index (χ0v) is 9.04. The first kappa shape index (κ1) is 10.7. The molecule has 2 aliphatic rings. The quantitative estimate of drug-likeness (QED) is 0.716. The van der Waals surface area contributed by atoms with Crippen LogP contribution in [-0.2, 0) is 14.3 Å². The van der Waals surface area contributed by atoms with E-state index in [1.165, 1.54) is 6.42 Å². The van der Waals surface area contributed by atoms with Crippen molar-refractivity contribution in [3.8, 4) is 0 Å². The Morgan fingerprint density at radius 3 is 3.00 bits per heavy atom. The van der Waals surface area contributed by atoms with Crippen LogP contribution < -0.4 is 0 Å². The molecule has 15 heavy (non-hydrogen) atoms. The van der Waals surface area contributed by atoms with Gasteiger partial charge < -0.3 is 9.47 Å². The van der Waals surface area contributed by atoms with Gasteiger partial charge in [0.15, 0.2) is 5.78 Å². The van der Waals surface area contributed by atoms with Crippen LogP contribution >= 0.6 is 0 Å². The van der Waals surface area contributed by atoms with Gasteiger partial charge in [-0.15, -0.1) is 0 Å². The van der Waals surface area contributed by atoms with E-state index in [1.807, 2.05) is 0 Å². The van der Waals surface area contributed by atoms with Crippen molar-refractivity contribution in [1.29, 1.82) is 0 Å². The van der Waals surface area contributed by atoms with Crippen molar-refractivity contribution in [1.82, 2.24) is 0 Å². The lowest BCUT2D eigenvalue weighted by molar-refractivity contribution is -0.115. The predicted octanol–water partition coefficient (Wildman–Crippen LogP) is 2.21. The standard InChI is InChI=1S/C12H18O3/c13-10-4-3-6-11(8-10)15-9-12-5-1-2-7-14-12/h8,12H,1-7,9H2. The number of hydrogen-bond acceptors (Lipinski definition) is 3. The van der Waals surface area contributed by atoms with Crippen LogP contribution in [0.25, 0.3) is 0 Å². The highest BCUT2D eigenvalue weighted by Gasteiger charge is 2.16. The van der Waals surface area contributed by atoms with Crippen LogP contribution in [0.1, 0.15) is 38.5 Å². The fourth-order valence-corrected chi connectivity index (χ4v) is 2.01. The summed E-state index contributed by atoms with van der Waals surface area (Å²) in [4.78, 5) is 11.1. The number of carbonyl (C=O) groups excluding carboxylic acids is 1. The summed E-state index contributed by atoms with van der Waals surface area (Å²) < 4.78 is 11.2. The second-order valence-corrected chi connectivity index (χ2v) is 4.23. The van der Waals surface area contributed by atoms with Gasteiger partial charge in [0, 0.05) is 25.5 Å². The van der Waals surface area contributed by atoms with Gasteiger partial charge in [0.2, 0.25) is 0 Å². The maximum Gasteiger partial charge on any atom is 0.159 e. The minimum atomic E-state index is 0.195. The Morgan fingerprint density at radius 1 is 1.33 bits per heavy atom. The van der Waals surface area contributed by atoms with Gasteiger partial charge >= 0.3 is 0 Å². The van der Waals surface area contributed by atoms with Gasteiger partial charge in [0.25, 0.3) is 0 Å². The lowest BCUT2D eigenvalue weighted by atomic mass is 10.1. The molecule has 0 radical (unpaired) electrons. The predicted molar refractivity (Wildman–Crippen MR) is 56.5 cm³/mol. The number of hydrogen-bond donors (Lipinski definition) is 0. The number of ketones is 1. The summed E-state index contributed by atoms with van der Waals surface area (Å²) in [6.45, 7) is 1.46. The first-order valence-corrected chi connectivity index (χ1v) is 5.82. The first-order valence-electron chi connectivity index (χ1n) is 5.82. The smallest absolute Gasteiger partial charge is 0.159 e. The van der Waals surface area contributed by atoms with Crippen LogP contribution in [0.5, 0.6) is 0 Å². The number of ether oxygens (including phenoxy) is 2. The van der Waals surface area contributed by atoms with Crippen LogP contribution in [0, 0.1) is 0 Å². The molecule has 0 aromatic carbocycles. The maximum absolute atomic E-state index is 11.1. The minimum absolute atomic E-state index is 0.195. The molecule has 1 unspecified atom stereocenters. The third kappa shape index (κ3) is 3.34. The van der Waals surface area contributed by atoms with E-state index in [9.17, 15) is 4.79 Å². The highest BCUT2D eigenvalue weighted by molar-refractivity contribution is 5.90. The van der Waals surface area contributed by atoms with Gasteiger partial charge in [-0.2, -0.15) is 0 Å². The Labute approximate surface area is 90.4 Å². The van der Waals surface area contributed by atoms with Crippen LogP contribution in [0.3, 0.4) is 0 Å². The number of allylic oxidation sites excluding steroid dienone is 2. The molecule has 1 aliphatic carbocycles. The molecular formula is C12H18O3. The maximum atomic E-state index is 11.1. The zero-order chi connectivity index (χ0) is 10.5. The molecule has 1 atom stereocenters. The van der Waals surface area contributed by atoms with Gasteiger partial charge in [-0.05, 0) is 25.7 Å². The largest absolute Gasteiger partial charge is 0.495 e. The van der Waals surface area contributed by atoms with Crippen molar-refractivity contribution in [2.45, 2.75) is 44.6 Å². The molecule has 0 saturated carbocycles. The summed E-state index contributed by atoms with van der Waals surface area (Å²) in [6, 6.07) is 0. The van der Waals surface area contributed by atoms with E-state index in [4.69, 9.17) is 9.47 Å². The molecule has 3 heteroatoms. The highest BCUT2D eigenvalue weighted by Crippen LogP contribution is 2.19. The second kappa shape index (κ2) is 5.31. The van der Waals surface area contributed by atoms with Crippen molar-refractivity contribution in [3.63, 3.8) is 0 Å². The van der Waals surface area contributed by atoms with Crippen molar-refractivity contribution in [2.75, 3.05) is 13.2 Å². The van der Waals surface area contributed by atoms with Gasteiger partial charge in [-0.1, -0.05) is 0 Å². The molecule has 84 valence electrons. The summed E-state index contributed by atoms with van der Waals surface area (Å²) in [5.74, 6) is 1.04. The van der Waals surface area contributed by atoms with E-state index in [0.29, 0.717) is 13.0 Å². The first-order chi connectivity index (χ1) is 7.34. The third-order valence-corrected chi connectivity index (χ3v) is 2.90. The molecule has 0 bridgehead atoms. The van der Waals surface area contributed by atoms with Crippen molar-refractivity contribution in [2.24, 2.45) is 0 Å². The fourth-order valence-electron chi connectivity index (χ4n) is 2.01. The number of rotatable bonds is 3.